The molecule has 8 heteroatoms. The van der Waals surface area contributed by atoms with Gasteiger partial charge in [0.25, 0.3) is 0 Å². The number of likely N-dealkylation sites (tertiary alicyclic amines) is 1. The van der Waals surface area contributed by atoms with Crippen LogP contribution in [0.15, 0.2) is 0 Å². The van der Waals surface area contributed by atoms with Gasteiger partial charge in [0.1, 0.15) is 0 Å². The molecule has 2 saturated heterocycles. The van der Waals surface area contributed by atoms with Crippen molar-refractivity contribution in [3.05, 3.63) is 0 Å². The number of likely N-dealkylation sites (N-methyl/N-ethyl adjacent to an activating group) is 1. The van der Waals surface area contributed by atoms with Crippen molar-refractivity contribution < 1.29 is 22.8 Å². The first kappa shape index (κ1) is 19.0. The summed E-state index contributed by atoms with van der Waals surface area (Å²) >= 11 is 0. The van der Waals surface area contributed by atoms with Crippen LogP contribution in [-0.2, 0) is 9.59 Å². The van der Waals surface area contributed by atoms with Crippen LogP contribution in [0.25, 0.3) is 0 Å². The molecule has 0 unspecified atom stereocenters. The topological polar surface area (TPSA) is 43.9 Å². The Morgan fingerprint density at radius 1 is 1.21 bits per heavy atom. The highest BCUT2D eigenvalue weighted by atomic mass is 19.4. The Morgan fingerprint density at radius 2 is 1.92 bits per heavy atom. The van der Waals surface area contributed by atoms with Crippen LogP contribution in [0, 0.1) is 0 Å². The summed E-state index contributed by atoms with van der Waals surface area (Å²) in [4.78, 5) is 29.8. The summed E-state index contributed by atoms with van der Waals surface area (Å²) in [6.07, 6.45) is -4.08. The Balaban J connectivity index is 2.04. The fourth-order valence-electron chi connectivity index (χ4n) is 3.65. The second kappa shape index (κ2) is 7.29. The maximum atomic E-state index is 12.4. The van der Waals surface area contributed by atoms with E-state index < -0.39 is 24.9 Å². The molecule has 24 heavy (non-hydrogen) atoms. The number of halogens is 3. The monoisotopic (exact) mass is 349 g/mol. The molecule has 0 radical (unpaired) electrons. The number of hydrogen-bond acceptors (Lipinski definition) is 3. The van der Waals surface area contributed by atoms with Gasteiger partial charge in [0.2, 0.25) is 11.8 Å². The first-order valence-electron chi connectivity index (χ1n) is 8.50. The molecule has 1 spiro atoms. The Bertz CT molecular complexity index is 484. The Hall–Kier alpha value is -1.31. The van der Waals surface area contributed by atoms with Gasteiger partial charge in [-0.1, -0.05) is 0 Å². The third-order valence-corrected chi connectivity index (χ3v) is 5.36. The van der Waals surface area contributed by atoms with Gasteiger partial charge in [0.05, 0.1) is 6.42 Å². The van der Waals surface area contributed by atoms with Crippen molar-refractivity contribution in [2.75, 3.05) is 39.8 Å². The summed E-state index contributed by atoms with van der Waals surface area (Å²) < 4.78 is 37.1. The number of hydrogen-bond donors (Lipinski definition) is 0. The molecule has 2 heterocycles. The summed E-state index contributed by atoms with van der Waals surface area (Å²) in [5.41, 5.74) is -0.314. The highest BCUT2D eigenvalue weighted by molar-refractivity contribution is 5.77. The highest BCUT2D eigenvalue weighted by Crippen LogP contribution is 2.32. The van der Waals surface area contributed by atoms with Crippen molar-refractivity contribution in [1.82, 2.24) is 14.7 Å². The first-order chi connectivity index (χ1) is 11.2. The van der Waals surface area contributed by atoms with Crippen LogP contribution in [0.3, 0.4) is 0 Å². The van der Waals surface area contributed by atoms with E-state index >= 15 is 0 Å². The van der Waals surface area contributed by atoms with E-state index in [-0.39, 0.29) is 11.4 Å². The van der Waals surface area contributed by atoms with E-state index in [0.29, 0.717) is 45.6 Å². The van der Waals surface area contributed by atoms with Crippen LogP contribution in [0.4, 0.5) is 13.2 Å². The Labute approximate surface area is 140 Å². The number of alkyl halides is 3. The van der Waals surface area contributed by atoms with Crippen molar-refractivity contribution >= 4 is 11.8 Å². The van der Waals surface area contributed by atoms with Crippen LogP contribution in [-0.4, -0.2) is 78.0 Å². The van der Waals surface area contributed by atoms with Gasteiger partial charge in [0, 0.05) is 51.1 Å². The van der Waals surface area contributed by atoms with Gasteiger partial charge < -0.3 is 9.80 Å². The fraction of sp³-hybridized carbons (Fsp3) is 0.875. The second-order valence-corrected chi connectivity index (χ2v) is 6.80. The lowest BCUT2D eigenvalue weighted by Crippen LogP contribution is -2.62. The normalized spacial score (nSPS) is 26.8. The maximum Gasteiger partial charge on any atom is 0.389 e. The number of piperazine rings is 1. The minimum absolute atomic E-state index is 0.114. The zero-order valence-electron chi connectivity index (χ0n) is 14.4. The molecule has 0 aromatic carbocycles. The van der Waals surface area contributed by atoms with Crippen molar-refractivity contribution in [2.45, 2.75) is 50.7 Å². The lowest BCUT2D eigenvalue weighted by Gasteiger charge is -2.49. The van der Waals surface area contributed by atoms with E-state index in [1.807, 2.05) is 18.9 Å². The van der Waals surface area contributed by atoms with Crippen molar-refractivity contribution in [1.29, 1.82) is 0 Å². The van der Waals surface area contributed by atoms with Gasteiger partial charge in [-0.25, -0.2) is 0 Å². The lowest BCUT2D eigenvalue weighted by atomic mass is 9.86. The molecule has 2 amide bonds. The van der Waals surface area contributed by atoms with E-state index in [1.54, 1.807) is 4.90 Å². The van der Waals surface area contributed by atoms with E-state index in [4.69, 9.17) is 0 Å². The molecule has 0 aromatic heterocycles. The minimum Gasteiger partial charge on any atom is -0.343 e. The van der Waals surface area contributed by atoms with Crippen LogP contribution in [0.5, 0.6) is 0 Å². The third kappa shape index (κ3) is 4.40. The molecule has 5 nitrogen and oxygen atoms in total. The molecule has 2 aliphatic heterocycles. The van der Waals surface area contributed by atoms with Gasteiger partial charge in [-0.3, -0.25) is 14.5 Å². The zero-order chi connectivity index (χ0) is 18.0. The standard InChI is InChI=1S/C16H26F3N3O2/c1-3-21-9-8-15(6-4-13(21)23)12-22(11-10-20(15)2)14(24)5-7-16(17,18)19/h3-12H2,1-2H3/t15-/m0/s1. The SMILES string of the molecule is CCN1CC[C@@]2(CCC1=O)CN(C(=O)CCC(F)(F)F)CCN2C. The predicted molar refractivity (Wildman–Crippen MR) is 83.3 cm³/mol. The molecule has 1 atom stereocenters. The van der Waals surface area contributed by atoms with Gasteiger partial charge in [-0.15, -0.1) is 0 Å². The Kier molecular flexibility index (Phi) is 5.78. The van der Waals surface area contributed by atoms with Gasteiger partial charge in [-0.2, -0.15) is 13.2 Å². The largest absolute Gasteiger partial charge is 0.389 e. The van der Waals surface area contributed by atoms with E-state index in [2.05, 4.69) is 4.90 Å². The fourth-order valence-corrected chi connectivity index (χ4v) is 3.65. The quantitative estimate of drug-likeness (QED) is 0.781. The van der Waals surface area contributed by atoms with Gasteiger partial charge >= 0.3 is 6.18 Å². The molecular weight excluding hydrogens is 323 g/mol. The van der Waals surface area contributed by atoms with E-state index in [1.165, 1.54) is 0 Å². The molecule has 0 saturated carbocycles. The number of rotatable bonds is 3. The summed E-state index contributed by atoms with van der Waals surface area (Å²) in [6.45, 7) is 4.70. The van der Waals surface area contributed by atoms with Gasteiger partial charge in [-0.05, 0) is 26.8 Å². The maximum absolute atomic E-state index is 12.4. The minimum atomic E-state index is -4.31. The molecule has 2 fully saturated rings. The second-order valence-electron chi connectivity index (χ2n) is 6.80. The molecule has 2 rings (SSSR count). The summed E-state index contributed by atoms with van der Waals surface area (Å²) in [6, 6.07) is 0. The van der Waals surface area contributed by atoms with Crippen molar-refractivity contribution in [2.24, 2.45) is 0 Å². The van der Waals surface area contributed by atoms with Gasteiger partial charge in [0.15, 0.2) is 0 Å². The molecule has 0 bridgehead atoms. The molecular formula is C16H26F3N3O2. The number of nitrogens with zero attached hydrogens (tertiary/aromatic N) is 3. The zero-order valence-corrected chi connectivity index (χ0v) is 14.4. The molecule has 138 valence electrons. The van der Waals surface area contributed by atoms with E-state index in [0.717, 1.165) is 6.42 Å². The number of carbonyl (C=O) groups excluding carboxylic acids is 2. The smallest absolute Gasteiger partial charge is 0.343 e. The van der Waals surface area contributed by atoms with Crippen LogP contribution in [0.2, 0.25) is 0 Å². The van der Waals surface area contributed by atoms with E-state index in [9.17, 15) is 22.8 Å². The van der Waals surface area contributed by atoms with Crippen LogP contribution >= 0.6 is 0 Å². The summed E-state index contributed by atoms with van der Waals surface area (Å²) in [5, 5.41) is 0. The molecule has 0 N–H and O–H groups in total. The average Bonchev–Trinajstić information content (AvgIpc) is 2.67. The third-order valence-electron chi connectivity index (χ3n) is 5.36. The van der Waals surface area contributed by atoms with Crippen molar-refractivity contribution in [3.8, 4) is 0 Å². The van der Waals surface area contributed by atoms with Crippen molar-refractivity contribution in [3.63, 3.8) is 0 Å². The Morgan fingerprint density at radius 3 is 2.54 bits per heavy atom. The summed E-state index contributed by atoms with van der Waals surface area (Å²) in [5.74, 6) is -0.328. The highest BCUT2D eigenvalue weighted by Gasteiger charge is 2.43. The first-order valence-corrected chi connectivity index (χ1v) is 8.50. The average molecular weight is 349 g/mol. The number of carbonyl (C=O) groups is 2. The van der Waals surface area contributed by atoms with Crippen LogP contribution < -0.4 is 0 Å². The molecule has 0 aromatic rings. The predicted octanol–water partition coefficient (Wildman–Crippen LogP) is 1.87. The lowest BCUT2D eigenvalue weighted by molar-refractivity contribution is -0.152. The number of amides is 2. The summed E-state index contributed by atoms with van der Waals surface area (Å²) in [7, 11) is 1.98. The molecule has 2 aliphatic rings. The van der Waals surface area contributed by atoms with Crippen LogP contribution in [0.1, 0.15) is 39.0 Å². The molecule has 0 aliphatic carbocycles.